The number of rotatable bonds is 6. The van der Waals surface area contributed by atoms with Gasteiger partial charge in [-0.3, -0.25) is 0 Å². The molecule has 2 aromatic rings. The predicted molar refractivity (Wildman–Crippen MR) is 81.6 cm³/mol. The molecule has 0 saturated heterocycles. The summed E-state index contributed by atoms with van der Waals surface area (Å²) in [6.45, 7) is 7.37. The average molecular weight is 275 g/mol. The topological polar surface area (TPSA) is 37.8 Å². The number of hydrogen-bond acceptors (Lipinski definition) is 4. The van der Waals surface area contributed by atoms with Gasteiger partial charge in [-0.2, -0.15) is 0 Å². The first-order valence-corrected chi connectivity index (χ1v) is 7.63. The van der Waals surface area contributed by atoms with Crippen LogP contribution in [0.1, 0.15) is 36.9 Å². The first-order valence-electron chi connectivity index (χ1n) is 6.81. The molecule has 0 saturated carbocycles. The maximum atomic E-state index is 4.20. The quantitative estimate of drug-likeness (QED) is 0.868. The Morgan fingerprint density at radius 3 is 2.42 bits per heavy atom. The lowest BCUT2D eigenvalue weighted by molar-refractivity contribution is 0.640. The third-order valence-electron chi connectivity index (χ3n) is 2.92. The van der Waals surface area contributed by atoms with E-state index in [1.54, 1.807) is 11.3 Å². The van der Waals surface area contributed by atoms with Crippen LogP contribution >= 0.6 is 11.3 Å². The lowest BCUT2D eigenvalue weighted by Gasteiger charge is -2.03. The van der Waals surface area contributed by atoms with Crippen molar-refractivity contribution < 1.29 is 0 Å². The molecule has 0 amide bonds. The molecular formula is C15H21N3S. The van der Waals surface area contributed by atoms with Crippen LogP contribution in [-0.4, -0.2) is 10.2 Å². The zero-order valence-corrected chi connectivity index (χ0v) is 12.6. The van der Waals surface area contributed by atoms with Crippen LogP contribution in [0.15, 0.2) is 24.3 Å². The van der Waals surface area contributed by atoms with Crippen LogP contribution in [0.5, 0.6) is 0 Å². The Labute approximate surface area is 119 Å². The Hall–Kier alpha value is -1.42. The molecule has 0 aliphatic rings. The smallest absolute Gasteiger partial charge is 0.205 e. The van der Waals surface area contributed by atoms with E-state index in [1.165, 1.54) is 11.1 Å². The molecule has 2 rings (SSSR count). The fraction of sp³-hybridized carbons (Fsp3) is 0.467. The number of nitrogens with zero attached hydrogens (tertiary/aromatic N) is 2. The van der Waals surface area contributed by atoms with Crippen molar-refractivity contribution >= 4 is 16.5 Å². The van der Waals surface area contributed by atoms with E-state index in [0.29, 0.717) is 5.92 Å². The maximum absolute atomic E-state index is 4.20. The fourth-order valence-electron chi connectivity index (χ4n) is 1.83. The summed E-state index contributed by atoms with van der Waals surface area (Å²) in [5.41, 5.74) is 2.65. The van der Waals surface area contributed by atoms with Crippen LogP contribution in [-0.2, 0) is 19.4 Å². The summed E-state index contributed by atoms with van der Waals surface area (Å²) in [5.74, 6) is 0.627. The second-order valence-electron chi connectivity index (χ2n) is 5.12. The summed E-state index contributed by atoms with van der Waals surface area (Å²) in [6.07, 6.45) is 2.09. The Morgan fingerprint density at radius 1 is 1.11 bits per heavy atom. The molecule has 1 N–H and O–H groups in total. The molecule has 3 nitrogen and oxygen atoms in total. The molecule has 1 aromatic heterocycles. The van der Waals surface area contributed by atoms with Crippen molar-refractivity contribution in [2.24, 2.45) is 5.92 Å². The number of anilines is 1. The lowest BCUT2D eigenvalue weighted by Crippen LogP contribution is -1.98. The Balaban J connectivity index is 1.89. The molecule has 102 valence electrons. The molecule has 0 fully saturated rings. The van der Waals surface area contributed by atoms with Gasteiger partial charge in [0.1, 0.15) is 5.01 Å². The van der Waals surface area contributed by atoms with Crippen LogP contribution in [0.2, 0.25) is 0 Å². The molecule has 0 atom stereocenters. The van der Waals surface area contributed by atoms with E-state index in [1.807, 2.05) is 0 Å². The van der Waals surface area contributed by atoms with E-state index in [-0.39, 0.29) is 0 Å². The number of benzene rings is 1. The molecule has 1 heterocycles. The summed E-state index contributed by atoms with van der Waals surface area (Å²) in [7, 11) is 0. The highest BCUT2D eigenvalue weighted by molar-refractivity contribution is 7.15. The van der Waals surface area contributed by atoms with Gasteiger partial charge in [0.05, 0.1) is 0 Å². The summed E-state index contributed by atoms with van der Waals surface area (Å²) in [4.78, 5) is 0. The molecule has 0 aliphatic heterocycles. The van der Waals surface area contributed by atoms with Crippen molar-refractivity contribution in [3.63, 3.8) is 0 Å². The highest BCUT2D eigenvalue weighted by Gasteiger charge is 2.05. The monoisotopic (exact) mass is 275 g/mol. The largest absolute Gasteiger partial charge is 0.356 e. The Morgan fingerprint density at radius 2 is 1.79 bits per heavy atom. The Kier molecular flexibility index (Phi) is 4.91. The molecule has 0 spiro atoms. The highest BCUT2D eigenvalue weighted by Crippen LogP contribution is 2.19. The van der Waals surface area contributed by atoms with E-state index < -0.39 is 0 Å². The van der Waals surface area contributed by atoms with Gasteiger partial charge in [0.25, 0.3) is 0 Å². The summed E-state index contributed by atoms with van der Waals surface area (Å²) < 4.78 is 0. The van der Waals surface area contributed by atoms with Gasteiger partial charge in [0, 0.05) is 13.0 Å². The predicted octanol–water partition coefficient (Wildman–Crippen LogP) is 3.91. The van der Waals surface area contributed by atoms with E-state index in [9.17, 15) is 0 Å². The van der Waals surface area contributed by atoms with Gasteiger partial charge >= 0.3 is 0 Å². The minimum absolute atomic E-state index is 0.627. The standard InChI is InChI=1S/C15H21N3S/c1-4-12-5-7-13(8-6-12)10-16-15-18-17-14(19-15)9-11(2)3/h5-8,11H,4,9-10H2,1-3H3,(H,16,18). The van der Waals surface area contributed by atoms with Crippen molar-refractivity contribution in [3.8, 4) is 0 Å². The third kappa shape index (κ3) is 4.31. The van der Waals surface area contributed by atoms with E-state index in [2.05, 4.69) is 60.6 Å². The third-order valence-corrected chi connectivity index (χ3v) is 3.83. The second-order valence-corrected chi connectivity index (χ2v) is 6.18. The number of aromatic nitrogens is 2. The molecule has 0 bridgehead atoms. The van der Waals surface area contributed by atoms with Gasteiger partial charge in [-0.25, -0.2) is 0 Å². The van der Waals surface area contributed by atoms with Crippen molar-refractivity contribution in [2.75, 3.05) is 5.32 Å². The minimum atomic E-state index is 0.627. The highest BCUT2D eigenvalue weighted by atomic mass is 32.1. The fourth-order valence-corrected chi connectivity index (χ4v) is 2.77. The number of aryl methyl sites for hydroxylation is 1. The van der Waals surface area contributed by atoms with Crippen molar-refractivity contribution in [2.45, 2.75) is 40.2 Å². The minimum Gasteiger partial charge on any atom is -0.356 e. The molecular weight excluding hydrogens is 254 g/mol. The van der Waals surface area contributed by atoms with Crippen molar-refractivity contribution in [1.82, 2.24) is 10.2 Å². The van der Waals surface area contributed by atoms with Crippen LogP contribution < -0.4 is 5.32 Å². The van der Waals surface area contributed by atoms with Gasteiger partial charge in [0.2, 0.25) is 5.13 Å². The molecule has 19 heavy (non-hydrogen) atoms. The molecule has 0 aliphatic carbocycles. The lowest BCUT2D eigenvalue weighted by atomic mass is 10.1. The normalized spacial score (nSPS) is 10.9. The maximum Gasteiger partial charge on any atom is 0.205 e. The molecule has 0 unspecified atom stereocenters. The second kappa shape index (κ2) is 6.66. The Bertz CT molecular complexity index is 502. The zero-order valence-electron chi connectivity index (χ0n) is 11.8. The van der Waals surface area contributed by atoms with Crippen molar-refractivity contribution in [1.29, 1.82) is 0 Å². The van der Waals surface area contributed by atoms with Gasteiger partial charge in [-0.15, -0.1) is 10.2 Å². The number of nitrogens with one attached hydrogen (secondary N) is 1. The van der Waals surface area contributed by atoms with Gasteiger partial charge < -0.3 is 5.32 Å². The van der Waals surface area contributed by atoms with Gasteiger partial charge in [0.15, 0.2) is 0 Å². The first-order chi connectivity index (χ1) is 9.17. The van der Waals surface area contributed by atoms with E-state index >= 15 is 0 Å². The summed E-state index contributed by atoms with van der Waals surface area (Å²) in [5, 5.41) is 13.7. The average Bonchev–Trinajstić information content (AvgIpc) is 2.84. The van der Waals surface area contributed by atoms with Crippen LogP contribution in [0, 0.1) is 5.92 Å². The number of hydrogen-bond donors (Lipinski definition) is 1. The van der Waals surface area contributed by atoms with Crippen LogP contribution in [0.3, 0.4) is 0 Å². The van der Waals surface area contributed by atoms with Gasteiger partial charge in [-0.1, -0.05) is 56.4 Å². The zero-order chi connectivity index (χ0) is 13.7. The molecule has 1 aromatic carbocycles. The van der Waals surface area contributed by atoms with E-state index in [0.717, 1.165) is 29.5 Å². The van der Waals surface area contributed by atoms with Crippen LogP contribution in [0.25, 0.3) is 0 Å². The van der Waals surface area contributed by atoms with E-state index in [4.69, 9.17) is 0 Å². The molecule has 4 heteroatoms. The van der Waals surface area contributed by atoms with Crippen molar-refractivity contribution in [3.05, 3.63) is 40.4 Å². The summed E-state index contributed by atoms with van der Waals surface area (Å²) >= 11 is 1.65. The summed E-state index contributed by atoms with van der Waals surface area (Å²) in [6, 6.07) is 8.70. The van der Waals surface area contributed by atoms with Crippen LogP contribution in [0.4, 0.5) is 5.13 Å². The molecule has 0 radical (unpaired) electrons. The first kappa shape index (κ1) is 14.0. The SMILES string of the molecule is CCc1ccc(CNc2nnc(CC(C)C)s2)cc1. The van der Waals surface area contributed by atoms with Gasteiger partial charge in [-0.05, 0) is 23.5 Å².